The first kappa shape index (κ1) is 21.9. The highest BCUT2D eigenvalue weighted by Crippen LogP contribution is 2.24. The maximum atomic E-state index is 12.2. The molecule has 25 heavy (non-hydrogen) atoms. The van der Waals surface area contributed by atoms with Crippen LogP contribution in [-0.4, -0.2) is 53.4 Å². The maximum absolute atomic E-state index is 12.2. The highest BCUT2D eigenvalue weighted by molar-refractivity contribution is 5.73. The first-order valence-electron chi connectivity index (χ1n) is 9.26. The van der Waals surface area contributed by atoms with Gasteiger partial charge in [-0.2, -0.15) is 0 Å². The second-order valence-electron chi connectivity index (χ2n) is 6.49. The van der Waals surface area contributed by atoms with E-state index in [-0.39, 0.29) is 30.8 Å². The molecule has 0 aromatic carbocycles. The minimum absolute atomic E-state index is 0.0577. The summed E-state index contributed by atoms with van der Waals surface area (Å²) in [5.41, 5.74) is 0. The van der Waals surface area contributed by atoms with Gasteiger partial charge < -0.3 is 24.4 Å². The molecule has 1 aliphatic rings. The lowest BCUT2D eigenvalue weighted by Crippen LogP contribution is -2.53. The lowest BCUT2D eigenvalue weighted by molar-refractivity contribution is -0.250. The fourth-order valence-corrected chi connectivity index (χ4v) is 2.97. The van der Waals surface area contributed by atoms with Crippen LogP contribution in [0.3, 0.4) is 0 Å². The number of esters is 2. The minimum Gasteiger partial charge on any atom is -0.463 e. The van der Waals surface area contributed by atoms with Gasteiger partial charge in [0, 0.05) is 6.42 Å². The summed E-state index contributed by atoms with van der Waals surface area (Å²) in [4.78, 5) is 24.3. The van der Waals surface area contributed by atoms with Gasteiger partial charge in [0.2, 0.25) is 0 Å². The summed E-state index contributed by atoms with van der Waals surface area (Å²) >= 11 is 0. The Morgan fingerprint density at radius 3 is 2.04 bits per heavy atom. The van der Waals surface area contributed by atoms with Gasteiger partial charge in [0.15, 0.2) is 12.4 Å². The Morgan fingerprint density at radius 1 is 1.00 bits per heavy atom. The van der Waals surface area contributed by atoms with Gasteiger partial charge >= 0.3 is 11.9 Å². The predicted octanol–water partition coefficient (Wildman–Crippen LogP) is 1.78. The fraction of sp³-hybridized carbons (Fsp3) is 0.889. The van der Waals surface area contributed by atoms with Gasteiger partial charge in [-0.3, -0.25) is 9.59 Å². The Kier molecular flexibility index (Phi) is 9.38. The fourth-order valence-electron chi connectivity index (χ4n) is 2.97. The van der Waals surface area contributed by atoms with Crippen molar-refractivity contribution in [3.63, 3.8) is 0 Å². The molecule has 1 rings (SSSR count). The van der Waals surface area contributed by atoms with Crippen LogP contribution in [-0.2, 0) is 23.8 Å². The average Bonchev–Trinajstić information content (AvgIpc) is 2.57. The van der Waals surface area contributed by atoms with Crippen molar-refractivity contribution in [2.24, 2.45) is 11.8 Å². The molecule has 146 valence electrons. The van der Waals surface area contributed by atoms with Crippen molar-refractivity contribution in [1.82, 2.24) is 0 Å². The van der Waals surface area contributed by atoms with Gasteiger partial charge in [-0.05, 0) is 25.7 Å². The van der Waals surface area contributed by atoms with E-state index in [4.69, 9.17) is 14.2 Å². The van der Waals surface area contributed by atoms with Crippen molar-refractivity contribution in [3.8, 4) is 0 Å². The third-order valence-electron chi connectivity index (χ3n) is 4.80. The number of carbonyl (C=O) groups is 2. The van der Waals surface area contributed by atoms with E-state index in [1.54, 1.807) is 0 Å². The Labute approximate surface area is 149 Å². The monoisotopic (exact) mass is 360 g/mol. The number of aliphatic hydroxyl groups is 2. The topological polar surface area (TPSA) is 102 Å². The maximum Gasteiger partial charge on any atom is 0.309 e. The van der Waals surface area contributed by atoms with Gasteiger partial charge in [-0.25, -0.2) is 0 Å². The van der Waals surface area contributed by atoms with E-state index in [0.717, 1.165) is 0 Å². The summed E-state index contributed by atoms with van der Waals surface area (Å²) < 4.78 is 16.1. The molecule has 1 saturated heterocycles. The Hall–Kier alpha value is -1.18. The van der Waals surface area contributed by atoms with Crippen molar-refractivity contribution in [2.45, 2.75) is 84.4 Å². The molecule has 4 unspecified atom stereocenters. The smallest absolute Gasteiger partial charge is 0.309 e. The van der Waals surface area contributed by atoms with E-state index in [1.807, 2.05) is 27.7 Å². The highest BCUT2D eigenvalue weighted by atomic mass is 16.7. The average molecular weight is 360 g/mol. The van der Waals surface area contributed by atoms with Crippen LogP contribution in [0.1, 0.15) is 59.8 Å². The van der Waals surface area contributed by atoms with Crippen LogP contribution < -0.4 is 0 Å². The zero-order chi connectivity index (χ0) is 19.0. The van der Waals surface area contributed by atoms with E-state index in [0.29, 0.717) is 25.7 Å². The van der Waals surface area contributed by atoms with Crippen LogP contribution in [0.2, 0.25) is 0 Å². The van der Waals surface area contributed by atoms with Crippen molar-refractivity contribution in [3.05, 3.63) is 0 Å². The highest BCUT2D eigenvalue weighted by Gasteiger charge is 2.41. The number of rotatable bonds is 9. The summed E-state index contributed by atoms with van der Waals surface area (Å²) in [5, 5.41) is 19.9. The molecule has 0 bridgehead atoms. The molecule has 0 spiro atoms. The van der Waals surface area contributed by atoms with Crippen molar-refractivity contribution in [2.75, 3.05) is 6.61 Å². The van der Waals surface area contributed by atoms with E-state index in [1.165, 1.54) is 0 Å². The third-order valence-corrected chi connectivity index (χ3v) is 4.80. The Bertz CT molecular complexity index is 418. The summed E-state index contributed by atoms with van der Waals surface area (Å²) in [6, 6.07) is 0. The van der Waals surface area contributed by atoms with Crippen molar-refractivity contribution in [1.29, 1.82) is 0 Å². The molecule has 4 atom stereocenters. The number of ether oxygens (including phenoxy) is 3. The lowest BCUT2D eigenvalue weighted by Gasteiger charge is -2.37. The van der Waals surface area contributed by atoms with Crippen LogP contribution in [0, 0.1) is 11.8 Å². The number of hydrogen-bond acceptors (Lipinski definition) is 7. The van der Waals surface area contributed by atoms with Crippen LogP contribution in [0.25, 0.3) is 0 Å². The quantitative estimate of drug-likeness (QED) is 0.604. The molecule has 7 heteroatoms. The largest absolute Gasteiger partial charge is 0.463 e. The lowest BCUT2D eigenvalue weighted by atomic mass is 10.00. The molecule has 0 aromatic rings. The van der Waals surface area contributed by atoms with Gasteiger partial charge in [-0.15, -0.1) is 0 Å². The number of hydrogen-bond donors (Lipinski definition) is 2. The summed E-state index contributed by atoms with van der Waals surface area (Å²) in [5.74, 6) is -1.23. The molecule has 7 nitrogen and oxygen atoms in total. The van der Waals surface area contributed by atoms with Crippen LogP contribution in [0.4, 0.5) is 0 Å². The molecular formula is C18H32O7. The molecule has 0 radical (unpaired) electrons. The first-order valence-corrected chi connectivity index (χ1v) is 9.26. The number of carbonyl (C=O) groups excluding carboxylic acids is 2. The first-order chi connectivity index (χ1) is 11.9. The van der Waals surface area contributed by atoms with E-state index in [2.05, 4.69) is 0 Å². The Balaban J connectivity index is 2.74. The van der Waals surface area contributed by atoms with E-state index in [9.17, 15) is 19.8 Å². The normalized spacial score (nSPS) is 26.7. The van der Waals surface area contributed by atoms with Crippen LogP contribution >= 0.6 is 0 Å². The van der Waals surface area contributed by atoms with Gasteiger partial charge in [0.05, 0.1) is 17.9 Å². The molecule has 1 aliphatic heterocycles. The zero-order valence-corrected chi connectivity index (χ0v) is 15.6. The van der Waals surface area contributed by atoms with Gasteiger partial charge in [0.1, 0.15) is 12.7 Å². The number of aliphatic hydroxyl groups excluding tert-OH is 2. The molecule has 0 aromatic heterocycles. The summed E-state index contributed by atoms with van der Waals surface area (Å²) in [7, 11) is 0. The zero-order valence-electron chi connectivity index (χ0n) is 15.6. The van der Waals surface area contributed by atoms with Gasteiger partial charge in [-0.1, -0.05) is 27.7 Å². The van der Waals surface area contributed by atoms with Gasteiger partial charge in [0.25, 0.3) is 0 Å². The van der Waals surface area contributed by atoms with Crippen molar-refractivity contribution < 1.29 is 34.0 Å². The molecule has 0 amide bonds. The summed E-state index contributed by atoms with van der Waals surface area (Å²) in [6.07, 6.45) is -1.57. The Morgan fingerprint density at radius 2 is 1.52 bits per heavy atom. The minimum atomic E-state index is -1.19. The molecule has 1 heterocycles. The second-order valence-corrected chi connectivity index (χ2v) is 6.49. The molecular weight excluding hydrogens is 328 g/mol. The van der Waals surface area contributed by atoms with Crippen molar-refractivity contribution >= 4 is 11.9 Å². The third kappa shape index (κ3) is 6.24. The van der Waals surface area contributed by atoms with E-state index >= 15 is 0 Å². The second kappa shape index (κ2) is 10.7. The molecule has 2 N–H and O–H groups in total. The molecule has 0 saturated carbocycles. The predicted molar refractivity (Wildman–Crippen MR) is 90.5 cm³/mol. The molecule has 1 fully saturated rings. The van der Waals surface area contributed by atoms with E-state index < -0.39 is 30.6 Å². The van der Waals surface area contributed by atoms with Crippen LogP contribution in [0.15, 0.2) is 0 Å². The molecule has 0 aliphatic carbocycles. The van der Waals surface area contributed by atoms with Crippen LogP contribution in [0.5, 0.6) is 0 Å². The summed E-state index contributed by atoms with van der Waals surface area (Å²) in [6.45, 7) is 7.41. The SMILES string of the molecule is CCC(CC)C(=O)OCC1OC(O)CC(O)C1OC(=O)C(CC)CC. The standard InChI is InChI=1S/C18H32O7/c1-5-11(6-2)17(21)23-10-14-16(13(19)9-15(20)24-14)25-18(22)12(7-3)8-4/h11-16,19-20H,5-10H2,1-4H3.